The van der Waals surface area contributed by atoms with Gasteiger partial charge in [-0.05, 0) is 43.0 Å². The molecule has 6 nitrogen and oxygen atoms in total. The Kier molecular flexibility index (Phi) is 5.61. The summed E-state index contributed by atoms with van der Waals surface area (Å²) in [6.45, 7) is 3.82. The summed E-state index contributed by atoms with van der Waals surface area (Å²) in [5.74, 6) is 2.58. The van der Waals surface area contributed by atoms with Gasteiger partial charge in [0.25, 0.3) is 5.91 Å². The average Bonchev–Trinajstić information content (AvgIpc) is 2.67. The Labute approximate surface area is 154 Å². The minimum absolute atomic E-state index is 0.0552. The maximum Gasteiger partial charge on any atom is 0.254 e. The van der Waals surface area contributed by atoms with Crippen LogP contribution in [0.1, 0.15) is 30.1 Å². The van der Waals surface area contributed by atoms with E-state index in [4.69, 9.17) is 9.47 Å². The first kappa shape index (κ1) is 18.0. The molecule has 0 bridgehead atoms. The first-order chi connectivity index (χ1) is 12.6. The Morgan fingerprint density at radius 3 is 2.81 bits per heavy atom. The largest absolute Gasteiger partial charge is 0.497 e. The molecule has 1 aliphatic heterocycles. The fourth-order valence-electron chi connectivity index (χ4n) is 3.24. The second-order valence-corrected chi connectivity index (χ2v) is 6.62. The number of piperidine rings is 1. The van der Waals surface area contributed by atoms with Crippen LogP contribution in [0.4, 0.5) is 11.5 Å². The van der Waals surface area contributed by atoms with Crippen molar-refractivity contribution < 1.29 is 14.3 Å². The number of hydrogen-bond donors (Lipinski definition) is 1. The number of likely N-dealkylation sites (tertiary alicyclic amines) is 1. The molecule has 1 aromatic heterocycles. The van der Waals surface area contributed by atoms with Crippen molar-refractivity contribution in [3.63, 3.8) is 0 Å². The molecule has 0 spiro atoms. The van der Waals surface area contributed by atoms with Gasteiger partial charge < -0.3 is 19.7 Å². The maximum absolute atomic E-state index is 12.8. The van der Waals surface area contributed by atoms with Gasteiger partial charge in [-0.15, -0.1) is 0 Å². The van der Waals surface area contributed by atoms with Gasteiger partial charge in [0, 0.05) is 30.9 Å². The first-order valence-corrected chi connectivity index (χ1v) is 8.85. The number of methoxy groups -OCH3 is 2. The fraction of sp³-hybridized carbons (Fsp3) is 0.400. The van der Waals surface area contributed by atoms with Gasteiger partial charge in [0.1, 0.15) is 17.3 Å². The third-order valence-electron chi connectivity index (χ3n) is 4.62. The molecule has 2 heterocycles. The third-order valence-corrected chi connectivity index (χ3v) is 4.62. The molecule has 1 atom stereocenters. The van der Waals surface area contributed by atoms with E-state index in [0.29, 0.717) is 28.8 Å². The molecule has 1 unspecified atom stereocenters. The molecular weight excluding hydrogens is 330 g/mol. The standard InChI is InChI=1S/C20H25N3O3/c1-14-5-4-10-23(13-14)20(24)15-8-9-21-19(11-15)22-17-12-16(25-2)6-7-18(17)26-3/h6-9,11-12,14H,4-5,10,13H2,1-3H3,(H,21,22). The van der Waals surface area contributed by atoms with E-state index < -0.39 is 0 Å². The van der Waals surface area contributed by atoms with Gasteiger partial charge in [0.2, 0.25) is 0 Å². The van der Waals surface area contributed by atoms with Crippen molar-refractivity contribution >= 4 is 17.4 Å². The van der Waals surface area contributed by atoms with Gasteiger partial charge in [-0.2, -0.15) is 0 Å². The minimum atomic E-state index is 0.0552. The number of hydrogen-bond acceptors (Lipinski definition) is 5. The van der Waals surface area contributed by atoms with E-state index in [1.165, 1.54) is 6.42 Å². The number of nitrogens with one attached hydrogen (secondary N) is 1. The number of carbonyl (C=O) groups is 1. The van der Waals surface area contributed by atoms with E-state index in [-0.39, 0.29) is 5.91 Å². The molecule has 26 heavy (non-hydrogen) atoms. The van der Waals surface area contributed by atoms with Crippen LogP contribution < -0.4 is 14.8 Å². The predicted octanol–water partition coefficient (Wildman–Crippen LogP) is 3.71. The number of ether oxygens (including phenoxy) is 2. The van der Waals surface area contributed by atoms with Crippen molar-refractivity contribution in [3.05, 3.63) is 42.1 Å². The van der Waals surface area contributed by atoms with Gasteiger partial charge in [-0.25, -0.2) is 4.98 Å². The lowest BCUT2D eigenvalue weighted by atomic mass is 9.99. The van der Waals surface area contributed by atoms with Crippen LogP contribution in [0.5, 0.6) is 11.5 Å². The third kappa shape index (κ3) is 4.07. The van der Waals surface area contributed by atoms with E-state index in [1.807, 2.05) is 23.1 Å². The summed E-state index contributed by atoms with van der Waals surface area (Å²) in [6, 6.07) is 9.03. The summed E-state index contributed by atoms with van der Waals surface area (Å²) in [4.78, 5) is 19.1. The van der Waals surface area contributed by atoms with Crippen molar-refractivity contribution in [3.8, 4) is 11.5 Å². The summed E-state index contributed by atoms with van der Waals surface area (Å²) in [7, 11) is 3.22. The summed E-state index contributed by atoms with van der Waals surface area (Å²) in [5.41, 5.74) is 1.37. The molecule has 138 valence electrons. The molecule has 0 aliphatic carbocycles. The van der Waals surface area contributed by atoms with Crippen molar-refractivity contribution in [2.75, 3.05) is 32.6 Å². The summed E-state index contributed by atoms with van der Waals surface area (Å²) in [6.07, 6.45) is 3.89. The zero-order valence-corrected chi connectivity index (χ0v) is 15.5. The van der Waals surface area contributed by atoms with E-state index >= 15 is 0 Å². The Morgan fingerprint density at radius 2 is 2.08 bits per heavy atom. The number of carbonyl (C=O) groups excluding carboxylic acids is 1. The predicted molar refractivity (Wildman–Crippen MR) is 101 cm³/mol. The van der Waals surface area contributed by atoms with Gasteiger partial charge in [-0.3, -0.25) is 4.79 Å². The highest BCUT2D eigenvalue weighted by Crippen LogP contribution is 2.31. The molecule has 1 N–H and O–H groups in total. The number of amides is 1. The highest BCUT2D eigenvalue weighted by molar-refractivity contribution is 5.95. The van der Waals surface area contributed by atoms with Gasteiger partial charge in [0.05, 0.1) is 19.9 Å². The molecule has 1 aliphatic rings. The normalized spacial score (nSPS) is 16.9. The monoisotopic (exact) mass is 355 g/mol. The number of benzene rings is 1. The second-order valence-electron chi connectivity index (χ2n) is 6.62. The first-order valence-electron chi connectivity index (χ1n) is 8.85. The van der Waals surface area contributed by atoms with Crippen molar-refractivity contribution in [1.82, 2.24) is 9.88 Å². The van der Waals surface area contributed by atoms with Crippen LogP contribution in [0.3, 0.4) is 0 Å². The van der Waals surface area contributed by atoms with Crippen LogP contribution >= 0.6 is 0 Å². The Bertz CT molecular complexity index is 779. The molecule has 1 aromatic carbocycles. The lowest BCUT2D eigenvalue weighted by molar-refractivity contribution is 0.0683. The van der Waals surface area contributed by atoms with Crippen LogP contribution in [-0.4, -0.2) is 43.1 Å². The molecule has 1 saturated heterocycles. The summed E-state index contributed by atoms with van der Waals surface area (Å²) < 4.78 is 10.6. The smallest absolute Gasteiger partial charge is 0.254 e. The number of anilines is 2. The van der Waals surface area contributed by atoms with E-state index in [0.717, 1.165) is 25.2 Å². The maximum atomic E-state index is 12.8. The number of pyridine rings is 1. The molecule has 1 amide bonds. The zero-order chi connectivity index (χ0) is 18.5. The van der Waals surface area contributed by atoms with E-state index in [2.05, 4.69) is 17.2 Å². The molecule has 0 saturated carbocycles. The summed E-state index contributed by atoms with van der Waals surface area (Å²) >= 11 is 0. The van der Waals surface area contributed by atoms with Gasteiger partial charge in [0.15, 0.2) is 0 Å². The van der Waals surface area contributed by atoms with Crippen molar-refractivity contribution in [2.24, 2.45) is 5.92 Å². The minimum Gasteiger partial charge on any atom is -0.497 e. The SMILES string of the molecule is COc1ccc(OC)c(Nc2cc(C(=O)N3CCCC(C)C3)ccn2)c1. The number of aromatic nitrogens is 1. The van der Waals surface area contributed by atoms with Gasteiger partial charge in [-0.1, -0.05) is 6.92 Å². The molecule has 3 rings (SSSR count). The highest BCUT2D eigenvalue weighted by atomic mass is 16.5. The number of rotatable bonds is 5. The van der Waals surface area contributed by atoms with Gasteiger partial charge >= 0.3 is 0 Å². The Hall–Kier alpha value is -2.76. The highest BCUT2D eigenvalue weighted by Gasteiger charge is 2.22. The topological polar surface area (TPSA) is 63.7 Å². The van der Waals surface area contributed by atoms with Crippen LogP contribution in [0.2, 0.25) is 0 Å². The average molecular weight is 355 g/mol. The second kappa shape index (κ2) is 8.08. The molecule has 0 radical (unpaired) electrons. The van der Waals surface area contributed by atoms with E-state index in [1.54, 1.807) is 32.5 Å². The zero-order valence-electron chi connectivity index (χ0n) is 15.5. The van der Waals surface area contributed by atoms with Crippen molar-refractivity contribution in [2.45, 2.75) is 19.8 Å². The molecule has 2 aromatic rings. The Morgan fingerprint density at radius 1 is 1.23 bits per heavy atom. The quantitative estimate of drug-likeness (QED) is 0.886. The fourth-order valence-corrected chi connectivity index (χ4v) is 3.24. The van der Waals surface area contributed by atoms with E-state index in [9.17, 15) is 4.79 Å². The van der Waals surface area contributed by atoms with Crippen LogP contribution in [-0.2, 0) is 0 Å². The van der Waals surface area contributed by atoms with Crippen LogP contribution in [0.15, 0.2) is 36.5 Å². The lowest BCUT2D eigenvalue weighted by Gasteiger charge is -2.31. The summed E-state index contributed by atoms with van der Waals surface area (Å²) in [5, 5.41) is 3.22. The van der Waals surface area contributed by atoms with Crippen LogP contribution in [0, 0.1) is 5.92 Å². The molecule has 6 heteroatoms. The van der Waals surface area contributed by atoms with Crippen LogP contribution in [0.25, 0.3) is 0 Å². The molecule has 1 fully saturated rings. The molecular formula is C20H25N3O3. The lowest BCUT2D eigenvalue weighted by Crippen LogP contribution is -2.39. The number of nitrogens with zero attached hydrogens (tertiary/aromatic N) is 2. The van der Waals surface area contributed by atoms with Crippen molar-refractivity contribution in [1.29, 1.82) is 0 Å². The Balaban J connectivity index is 1.80.